The van der Waals surface area contributed by atoms with Crippen LogP contribution in [-0.2, 0) is 14.4 Å². The first-order chi connectivity index (χ1) is 10.4. The van der Waals surface area contributed by atoms with Gasteiger partial charge in [0.2, 0.25) is 5.91 Å². The minimum atomic E-state index is -0.454. The molecule has 2 fully saturated rings. The lowest BCUT2D eigenvalue weighted by Crippen LogP contribution is -2.52. The van der Waals surface area contributed by atoms with Crippen LogP contribution in [0, 0.1) is 5.92 Å². The Labute approximate surface area is 131 Å². The van der Waals surface area contributed by atoms with E-state index >= 15 is 0 Å². The zero-order chi connectivity index (χ0) is 16.3. The first-order valence-corrected chi connectivity index (χ1v) is 7.94. The molecule has 2 N–H and O–H groups in total. The summed E-state index contributed by atoms with van der Waals surface area (Å²) in [5, 5.41) is 0. The highest BCUT2D eigenvalue weighted by Crippen LogP contribution is 2.19. The van der Waals surface area contributed by atoms with E-state index < -0.39 is 11.8 Å². The van der Waals surface area contributed by atoms with E-state index in [0.29, 0.717) is 25.9 Å². The highest BCUT2D eigenvalue weighted by atomic mass is 16.2. The molecule has 7 heteroatoms. The molecule has 2 heterocycles. The Morgan fingerprint density at radius 1 is 1.00 bits per heavy atom. The average molecular weight is 310 g/mol. The second-order valence-electron chi connectivity index (χ2n) is 6.42. The predicted octanol–water partition coefficient (Wildman–Crippen LogP) is -0.737. The van der Waals surface area contributed by atoms with E-state index in [1.807, 2.05) is 0 Å². The quantitative estimate of drug-likeness (QED) is 0.681. The molecule has 2 rings (SSSR count). The van der Waals surface area contributed by atoms with Crippen LogP contribution in [0.1, 0.15) is 25.7 Å². The van der Waals surface area contributed by atoms with Crippen molar-refractivity contribution in [3.05, 3.63) is 0 Å². The molecule has 0 spiro atoms. The van der Waals surface area contributed by atoms with Gasteiger partial charge in [0.1, 0.15) is 0 Å². The molecule has 124 valence electrons. The van der Waals surface area contributed by atoms with Crippen LogP contribution < -0.4 is 5.73 Å². The number of nitrogens with two attached hydrogens (primary N) is 1. The number of carbonyl (C=O) groups excluding carboxylic acids is 3. The number of primary amides is 1. The van der Waals surface area contributed by atoms with Crippen LogP contribution >= 0.6 is 0 Å². The maximum atomic E-state index is 12.4. The van der Waals surface area contributed by atoms with E-state index in [0.717, 1.165) is 25.9 Å². The standard InChI is InChI=1S/C15H26N4O3/c1-17-7-5-12(6-8-17)18(2)14(21)15(22)19-9-3-11(4-10-19)13(16)20/h11-12H,3-10H2,1-2H3,(H2,16,20). The Morgan fingerprint density at radius 3 is 2.05 bits per heavy atom. The van der Waals surface area contributed by atoms with Crippen LogP contribution in [0.2, 0.25) is 0 Å². The molecule has 0 aromatic heterocycles. The van der Waals surface area contributed by atoms with Crippen molar-refractivity contribution in [2.45, 2.75) is 31.7 Å². The Hall–Kier alpha value is -1.63. The summed E-state index contributed by atoms with van der Waals surface area (Å²) in [6.07, 6.45) is 2.89. The van der Waals surface area contributed by atoms with E-state index in [1.54, 1.807) is 16.8 Å². The second kappa shape index (κ2) is 7.09. The molecule has 0 atom stereocenters. The number of carbonyl (C=O) groups is 3. The lowest BCUT2D eigenvalue weighted by atomic mass is 9.96. The van der Waals surface area contributed by atoms with Gasteiger partial charge >= 0.3 is 11.8 Å². The van der Waals surface area contributed by atoms with Crippen LogP contribution in [0.25, 0.3) is 0 Å². The fourth-order valence-corrected chi connectivity index (χ4v) is 3.20. The zero-order valence-corrected chi connectivity index (χ0v) is 13.5. The minimum absolute atomic E-state index is 0.135. The number of hydrogen-bond donors (Lipinski definition) is 1. The molecule has 2 aliphatic rings. The van der Waals surface area contributed by atoms with Gasteiger partial charge in [-0.25, -0.2) is 0 Å². The Kier molecular flexibility index (Phi) is 5.39. The SMILES string of the molecule is CN1CCC(N(C)C(=O)C(=O)N2CCC(C(N)=O)CC2)CC1. The fraction of sp³-hybridized carbons (Fsp3) is 0.800. The molecule has 22 heavy (non-hydrogen) atoms. The molecule has 0 aromatic rings. The monoisotopic (exact) mass is 310 g/mol. The molecule has 0 radical (unpaired) electrons. The van der Waals surface area contributed by atoms with Crippen molar-refractivity contribution in [1.29, 1.82) is 0 Å². The summed E-state index contributed by atoms with van der Waals surface area (Å²) < 4.78 is 0. The molecule has 3 amide bonds. The summed E-state index contributed by atoms with van der Waals surface area (Å²) in [7, 11) is 3.78. The number of nitrogens with zero attached hydrogens (tertiary/aromatic N) is 3. The largest absolute Gasteiger partial charge is 0.369 e. The Balaban J connectivity index is 1.87. The third-order valence-electron chi connectivity index (χ3n) is 4.92. The highest BCUT2D eigenvalue weighted by molar-refractivity contribution is 6.34. The third-order valence-corrected chi connectivity index (χ3v) is 4.92. The van der Waals surface area contributed by atoms with Crippen LogP contribution in [0.3, 0.4) is 0 Å². The van der Waals surface area contributed by atoms with Crippen LogP contribution in [0.4, 0.5) is 0 Å². The first kappa shape index (κ1) is 16.7. The van der Waals surface area contributed by atoms with Crippen LogP contribution in [-0.4, -0.2) is 78.7 Å². The normalized spacial score (nSPS) is 21.6. The van der Waals surface area contributed by atoms with Crippen LogP contribution in [0.5, 0.6) is 0 Å². The predicted molar refractivity (Wildman–Crippen MR) is 81.8 cm³/mol. The van der Waals surface area contributed by atoms with Gasteiger partial charge in [-0.1, -0.05) is 0 Å². The van der Waals surface area contributed by atoms with E-state index in [4.69, 9.17) is 5.73 Å². The number of hydrogen-bond acceptors (Lipinski definition) is 4. The average Bonchev–Trinajstić information content (AvgIpc) is 2.53. The second-order valence-corrected chi connectivity index (χ2v) is 6.42. The van der Waals surface area contributed by atoms with Gasteiger partial charge in [-0.05, 0) is 45.8 Å². The highest BCUT2D eigenvalue weighted by Gasteiger charge is 2.33. The van der Waals surface area contributed by atoms with Gasteiger partial charge in [-0.2, -0.15) is 0 Å². The summed E-state index contributed by atoms with van der Waals surface area (Å²) in [6.45, 7) is 2.75. The number of rotatable bonds is 2. The maximum absolute atomic E-state index is 12.4. The fourth-order valence-electron chi connectivity index (χ4n) is 3.20. The van der Waals surface area contributed by atoms with Crippen molar-refractivity contribution in [3.8, 4) is 0 Å². The number of piperidine rings is 2. The van der Waals surface area contributed by atoms with E-state index in [1.165, 1.54) is 0 Å². The molecule has 0 saturated carbocycles. The number of amides is 3. The molecule has 0 aliphatic carbocycles. The van der Waals surface area contributed by atoms with E-state index in [-0.39, 0.29) is 17.9 Å². The summed E-state index contributed by atoms with van der Waals surface area (Å²) in [6, 6.07) is 0.135. The summed E-state index contributed by atoms with van der Waals surface area (Å²) in [5.74, 6) is -1.39. The van der Waals surface area contributed by atoms with E-state index in [9.17, 15) is 14.4 Å². The Bertz CT molecular complexity index is 438. The van der Waals surface area contributed by atoms with Gasteiger partial charge in [-0.3, -0.25) is 14.4 Å². The smallest absolute Gasteiger partial charge is 0.312 e. The summed E-state index contributed by atoms with van der Waals surface area (Å²) in [4.78, 5) is 41.2. The molecular weight excluding hydrogens is 284 g/mol. The molecule has 2 saturated heterocycles. The first-order valence-electron chi connectivity index (χ1n) is 7.94. The summed E-state index contributed by atoms with van der Waals surface area (Å²) in [5.41, 5.74) is 5.28. The molecular formula is C15H26N4O3. The van der Waals surface area contributed by atoms with Gasteiger partial charge < -0.3 is 20.4 Å². The summed E-state index contributed by atoms with van der Waals surface area (Å²) >= 11 is 0. The van der Waals surface area contributed by atoms with Gasteiger partial charge in [0.05, 0.1) is 0 Å². The van der Waals surface area contributed by atoms with Gasteiger partial charge in [0.15, 0.2) is 0 Å². The van der Waals surface area contributed by atoms with Crippen molar-refractivity contribution >= 4 is 17.7 Å². The zero-order valence-electron chi connectivity index (χ0n) is 13.5. The van der Waals surface area contributed by atoms with Gasteiger partial charge in [0.25, 0.3) is 0 Å². The maximum Gasteiger partial charge on any atom is 0.312 e. The molecule has 0 bridgehead atoms. The number of likely N-dealkylation sites (tertiary alicyclic amines) is 2. The van der Waals surface area contributed by atoms with Crippen molar-refractivity contribution in [2.75, 3.05) is 40.3 Å². The Morgan fingerprint density at radius 2 is 1.55 bits per heavy atom. The van der Waals surface area contributed by atoms with Crippen molar-refractivity contribution < 1.29 is 14.4 Å². The topological polar surface area (TPSA) is 87.0 Å². The van der Waals surface area contributed by atoms with Crippen molar-refractivity contribution in [1.82, 2.24) is 14.7 Å². The molecule has 2 aliphatic heterocycles. The molecule has 0 aromatic carbocycles. The third kappa shape index (κ3) is 3.76. The van der Waals surface area contributed by atoms with Crippen molar-refractivity contribution in [3.63, 3.8) is 0 Å². The van der Waals surface area contributed by atoms with Gasteiger partial charge in [0, 0.05) is 32.1 Å². The van der Waals surface area contributed by atoms with Gasteiger partial charge in [-0.15, -0.1) is 0 Å². The van der Waals surface area contributed by atoms with E-state index in [2.05, 4.69) is 11.9 Å². The lowest BCUT2D eigenvalue weighted by molar-refractivity contribution is -0.153. The lowest BCUT2D eigenvalue weighted by Gasteiger charge is -2.36. The number of likely N-dealkylation sites (N-methyl/N-ethyl adjacent to an activating group) is 1. The molecule has 7 nitrogen and oxygen atoms in total. The minimum Gasteiger partial charge on any atom is -0.369 e. The van der Waals surface area contributed by atoms with Crippen LogP contribution in [0.15, 0.2) is 0 Å². The molecule has 0 unspecified atom stereocenters. The van der Waals surface area contributed by atoms with Crippen molar-refractivity contribution in [2.24, 2.45) is 11.7 Å².